The number of carbonyl (C=O) groups is 2. The zero-order valence-corrected chi connectivity index (χ0v) is 18.6. The molecule has 160 valence electrons. The number of amides is 2. The summed E-state index contributed by atoms with van der Waals surface area (Å²) in [5.41, 5.74) is 3.87. The summed E-state index contributed by atoms with van der Waals surface area (Å²) in [6.07, 6.45) is 0.308. The Labute approximate surface area is 188 Å². The Morgan fingerprint density at radius 3 is 2.13 bits per heavy atom. The maximum Gasteiger partial charge on any atom is 0.247 e. The molecule has 0 heterocycles. The van der Waals surface area contributed by atoms with Gasteiger partial charge in [0.05, 0.1) is 0 Å². The number of nitrogens with one attached hydrogen (secondary N) is 1. The topological polar surface area (TPSA) is 49.4 Å². The van der Waals surface area contributed by atoms with Gasteiger partial charge in [-0.1, -0.05) is 90.8 Å². The van der Waals surface area contributed by atoms with Crippen molar-refractivity contribution in [3.8, 4) is 0 Å². The average Bonchev–Trinajstić information content (AvgIpc) is 2.79. The van der Waals surface area contributed by atoms with Crippen LogP contribution in [0, 0.1) is 6.92 Å². The lowest BCUT2D eigenvalue weighted by atomic mass is 10.0. The maximum atomic E-state index is 13.4. The highest BCUT2D eigenvalue weighted by atomic mass is 35.5. The standard InChI is InChI=1S/C26H27ClN2O2/c1-3-24(30)29(18-21-13-15-23(27)16-14-21)25(22-7-5-4-6-8-22)26(31)28-17-20-11-9-19(2)10-12-20/h4-16,25H,3,17-18H2,1-2H3,(H,28,31)/t25-/m0/s1. The molecule has 0 aliphatic carbocycles. The highest BCUT2D eigenvalue weighted by Crippen LogP contribution is 2.25. The molecule has 1 N–H and O–H groups in total. The van der Waals surface area contributed by atoms with E-state index in [4.69, 9.17) is 11.6 Å². The van der Waals surface area contributed by atoms with E-state index in [9.17, 15) is 9.59 Å². The van der Waals surface area contributed by atoms with Crippen LogP contribution < -0.4 is 5.32 Å². The number of carbonyl (C=O) groups excluding carboxylic acids is 2. The zero-order valence-electron chi connectivity index (χ0n) is 17.8. The molecule has 0 saturated carbocycles. The Bertz CT molecular complexity index is 1000. The van der Waals surface area contributed by atoms with Gasteiger partial charge in [0.15, 0.2) is 0 Å². The molecular weight excluding hydrogens is 408 g/mol. The lowest BCUT2D eigenvalue weighted by molar-refractivity contribution is -0.141. The molecule has 0 fully saturated rings. The average molecular weight is 435 g/mol. The van der Waals surface area contributed by atoms with Gasteiger partial charge in [-0.2, -0.15) is 0 Å². The summed E-state index contributed by atoms with van der Waals surface area (Å²) in [7, 11) is 0. The molecule has 0 aliphatic rings. The second-order valence-corrected chi connectivity index (χ2v) is 7.95. The van der Waals surface area contributed by atoms with E-state index >= 15 is 0 Å². The monoisotopic (exact) mass is 434 g/mol. The van der Waals surface area contributed by atoms with Gasteiger partial charge in [0.25, 0.3) is 0 Å². The molecule has 4 nitrogen and oxygen atoms in total. The van der Waals surface area contributed by atoms with Crippen LogP contribution >= 0.6 is 11.6 Å². The number of hydrogen-bond donors (Lipinski definition) is 1. The summed E-state index contributed by atoms with van der Waals surface area (Å²) in [4.78, 5) is 27.9. The summed E-state index contributed by atoms with van der Waals surface area (Å²) in [6, 6.07) is 24.1. The van der Waals surface area contributed by atoms with Crippen molar-refractivity contribution in [3.63, 3.8) is 0 Å². The van der Waals surface area contributed by atoms with Crippen molar-refractivity contribution in [2.45, 2.75) is 39.4 Å². The molecule has 0 saturated heterocycles. The quantitative estimate of drug-likeness (QED) is 0.512. The van der Waals surface area contributed by atoms with E-state index < -0.39 is 6.04 Å². The van der Waals surface area contributed by atoms with Gasteiger partial charge in [0.1, 0.15) is 6.04 Å². The Kier molecular flexibility index (Phi) is 7.85. The second kappa shape index (κ2) is 10.8. The molecule has 1 atom stereocenters. The number of benzene rings is 3. The van der Waals surface area contributed by atoms with Crippen LogP contribution in [0.5, 0.6) is 0 Å². The van der Waals surface area contributed by atoms with Crippen LogP contribution in [0.4, 0.5) is 0 Å². The van der Waals surface area contributed by atoms with Crippen LogP contribution in [0.3, 0.4) is 0 Å². The van der Waals surface area contributed by atoms with Crippen molar-refractivity contribution in [2.75, 3.05) is 0 Å². The van der Waals surface area contributed by atoms with Crippen LogP contribution in [0.2, 0.25) is 5.02 Å². The van der Waals surface area contributed by atoms with E-state index in [-0.39, 0.29) is 11.8 Å². The third-order valence-corrected chi connectivity index (χ3v) is 5.40. The van der Waals surface area contributed by atoms with E-state index in [1.807, 2.05) is 80.6 Å². The molecule has 0 aromatic heterocycles. The van der Waals surface area contributed by atoms with Gasteiger partial charge >= 0.3 is 0 Å². The first-order chi connectivity index (χ1) is 15.0. The van der Waals surface area contributed by atoms with Gasteiger partial charge in [0.2, 0.25) is 11.8 Å². The Morgan fingerprint density at radius 1 is 0.903 bits per heavy atom. The predicted octanol–water partition coefficient (Wildman–Crippen LogP) is 5.44. The van der Waals surface area contributed by atoms with E-state index in [0.29, 0.717) is 24.5 Å². The van der Waals surface area contributed by atoms with Crippen LogP contribution in [-0.2, 0) is 22.7 Å². The summed E-state index contributed by atoms with van der Waals surface area (Å²) < 4.78 is 0. The third-order valence-electron chi connectivity index (χ3n) is 5.15. The fraction of sp³-hybridized carbons (Fsp3) is 0.231. The molecule has 3 aromatic rings. The van der Waals surface area contributed by atoms with Crippen molar-refractivity contribution in [2.24, 2.45) is 0 Å². The Hall–Kier alpha value is -3.11. The summed E-state index contributed by atoms with van der Waals surface area (Å²) in [5.74, 6) is -0.295. The van der Waals surface area contributed by atoms with E-state index in [0.717, 1.165) is 16.7 Å². The highest BCUT2D eigenvalue weighted by molar-refractivity contribution is 6.30. The number of halogens is 1. The number of hydrogen-bond acceptors (Lipinski definition) is 2. The normalized spacial score (nSPS) is 11.6. The first kappa shape index (κ1) is 22.6. The van der Waals surface area contributed by atoms with Gasteiger partial charge in [0, 0.05) is 24.5 Å². The lowest BCUT2D eigenvalue weighted by Gasteiger charge is -2.31. The summed E-state index contributed by atoms with van der Waals surface area (Å²) in [6.45, 7) is 4.56. The fourth-order valence-corrected chi connectivity index (χ4v) is 3.54. The summed E-state index contributed by atoms with van der Waals surface area (Å²) >= 11 is 6.01. The zero-order chi connectivity index (χ0) is 22.2. The summed E-state index contributed by atoms with van der Waals surface area (Å²) in [5, 5.41) is 3.65. The van der Waals surface area contributed by atoms with E-state index in [2.05, 4.69) is 5.32 Å². The molecule has 2 amide bonds. The highest BCUT2D eigenvalue weighted by Gasteiger charge is 2.30. The van der Waals surface area contributed by atoms with E-state index in [1.54, 1.807) is 17.0 Å². The third kappa shape index (κ3) is 6.19. The van der Waals surface area contributed by atoms with E-state index in [1.165, 1.54) is 5.56 Å². The van der Waals surface area contributed by atoms with Crippen molar-refractivity contribution < 1.29 is 9.59 Å². The molecular formula is C26H27ClN2O2. The van der Waals surface area contributed by atoms with Crippen LogP contribution in [0.1, 0.15) is 41.6 Å². The molecule has 31 heavy (non-hydrogen) atoms. The maximum absolute atomic E-state index is 13.4. The van der Waals surface area contributed by atoms with Crippen LogP contribution in [0.25, 0.3) is 0 Å². The van der Waals surface area contributed by atoms with Gasteiger partial charge in [-0.05, 0) is 35.7 Å². The minimum Gasteiger partial charge on any atom is -0.350 e. The number of rotatable bonds is 8. The lowest BCUT2D eigenvalue weighted by Crippen LogP contribution is -2.43. The second-order valence-electron chi connectivity index (χ2n) is 7.52. The Balaban J connectivity index is 1.88. The first-order valence-electron chi connectivity index (χ1n) is 10.4. The number of aryl methyl sites for hydroxylation is 1. The predicted molar refractivity (Wildman–Crippen MR) is 125 cm³/mol. The van der Waals surface area contributed by atoms with Crippen molar-refractivity contribution in [1.29, 1.82) is 0 Å². The van der Waals surface area contributed by atoms with Crippen molar-refractivity contribution >= 4 is 23.4 Å². The molecule has 3 rings (SSSR count). The SMILES string of the molecule is CCC(=O)N(Cc1ccc(Cl)cc1)[C@H](C(=O)NCc1ccc(C)cc1)c1ccccc1. The molecule has 0 aliphatic heterocycles. The molecule has 0 bridgehead atoms. The van der Waals surface area contributed by atoms with Crippen LogP contribution in [0.15, 0.2) is 78.9 Å². The number of nitrogens with zero attached hydrogens (tertiary/aromatic N) is 1. The first-order valence-corrected chi connectivity index (χ1v) is 10.8. The molecule has 0 unspecified atom stereocenters. The molecule has 3 aromatic carbocycles. The van der Waals surface area contributed by atoms with Gasteiger partial charge in [-0.25, -0.2) is 0 Å². The fourth-order valence-electron chi connectivity index (χ4n) is 3.41. The Morgan fingerprint density at radius 2 is 1.52 bits per heavy atom. The smallest absolute Gasteiger partial charge is 0.247 e. The van der Waals surface area contributed by atoms with Gasteiger partial charge < -0.3 is 10.2 Å². The molecule has 0 spiro atoms. The minimum atomic E-state index is -0.727. The largest absolute Gasteiger partial charge is 0.350 e. The van der Waals surface area contributed by atoms with Crippen molar-refractivity contribution in [3.05, 3.63) is 106 Å². The van der Waals surface area contributed by atoms with Gasteiger partial charge in [-0.15, -0.1) is 0 Å². The minimum absolute atomic E-state index is 0.0886. The molecule has 0 radical (unpaired) electrons. The van der Waals surface area contributed by atoms with Crippen molar-refractivity contribution in [1.82, 2.24) is 10.2 Å². The van der Waals surface area contributed by atoms with Crippen LogP contribution in [-0.4, -0.2) is 16.7 Å². The van der Waals surface area contributed by atoms with Gasteiger partial charge in [-0.3, -0.25) is 9.59 Å². The molecule has 5 heteroatoms.